The minimum Gasteiger partial charge on any atom is -0.352 e. The highest BCUT2D eigenvalue weighted by molar-refractivity contribution is 6.36. The molecule has 20 heavy (non-hydrogen) atoms. The van der Waals surface area contributed by atoms with Crippen molar-refractivity contribution in [3.8, 4) is 0 Å². The maximum Gasteiger partial charge on any atom is 0.200 e. The van der Waals surface area contributed by atoms with E-state index in [1.807, 2.05) is 18.2 Å². The van der Waals surface area contributed by atoms with Gasteiger partial charge in [-0.3, -0.25) is 0 Å². The van der Waals surface area contributed by atoms with E-state index in [-0.39, 0.29) is 12.4 Å². The van der Waals surface area contributed by atoms with Crippen LogP contribution in [0.1, 0.15) is 29.8 Å². The molecule has 0 saturated carbocycles. The van der Waals surface area contributed by atoms with Crippen LogP contribution in [0.4, 0.5) is 5.95 Å². The number of nitrogens with one attached hydrogen (secondary N) is 2. The van der Waals surface area contributed by atoms with Crippen LogP contribution in [0.3, 0.4) is 0 Å². The molecule has 1 heterocycles. The molecule has 0 atom stereocenters. The van der Waals surface area contributed by atoms with Crippen molar-refractivity contribution in [3.05, 3.63) is 45.2 Å². The van der Waals surface area contributed by atoms with Gasteiger partial charge in [-0.25, -0.2) is 4.98 Å². The third-order valence-corrected chi connectivity index (χ3v) is 4.16. The number of benzene rings is 1. The fraction of sp³-hybridized carbons (Fsp3) is 0.357. The van der Waals surface area contributed by atoms with Crippen LogP contribution in [-0.2, 0) is 19.4 Å². The van der Waals surface area contributed by atoms with E-state index in [1.54, 1.807) is 0 Å². The standard InChI is InChI=1S/C14H15Cl2N3.ClH/c15-10-4-3-5-11(16)9(10)8-17-14-18-12-6-1-2-7-13(12)19-14;/h3-5H,1-2,6-8H2,(H2,17,18,19);1H. The summed E-state index contributed by atoms with van der Waals surface area (Å²) in [4.78, 5) is 7.91. The molecular weight excluding hydrogens is 317 g/mol. The van der Waals surface area contributed by atoms with Gasteiger partial charge in [0, 0.05) is 27.8 Å². The number of anilines is 1. The fourth-order valence-electron chi connectivity index (χ4n) is 2.41. The Balaban J connectivity index is 0.00000147. The van der Waals surface area contributed by atoms with Crippen molar-refractivity contribution in [3.63, 3.8) is 0 Å². The Bertz CT molecular complexity index is 552. The van der Waals surface area contributed by atoms with Crippen molar-refractivity contribution in [1.82, 2.24) is 9.97 Å². The Kier molecular flexibility index (Phi) is 5.19. The van der Waals surface area contributed by atoms with E-state index < -0.39 is 0 Å². The van der Waals surface area contributed by atoms with E-state index in [9.17, 15) is 0 Å². The molecule has 0 saturated heterocycles. The summed E-state index contributed by atoms with van der Waals surface area (Å²) in [5, 5.41) is 4.62. The average Bonchev–Trinajstić information content (AvgIpc) is 2.81. The highest BCUT2D eigenvalue weighted by atomic mass is 35.5. The lowest BCUT2D eigenvalue weighted by molar-refractivity contribution is 0.667. The van der Waals surface area contributed by atoms with Gasteiger partial charge < -0.3 is 10.3 Å². The number of fused-ring (bicyclic) bond motifs is 1. The Hall–Kier alpha value is -0.900. The van der Waals surface area contributed by atoms with Gasteiger partial charge in [0.05, 0.1) is 5.69 Å². The Morgan fingerprint density at radius 2 is 1.85 bits per heavy atom. The molecule has 1 aliphatic rings. The lowest BCUT2D eigenvalue weighted by Gasteiger charge is -2.07. The monoisotopic (exact) mass is 331 g/mol. The number of aromatic amines is 1. The Labute approximate surface area is 134 Å². The molecule has 0 radical (unpaired) electrons. The molecule has 108 valence electrons. The van der Waals surface area contributed by atoms with Crippen LogP contribution in [-0.4, -0.2) is 9.97 Å². The highest BCUT2D eigenvalue weighted by Gasteiger charge is 2.14. The molecule has 2 aromatic rings. The van der Waals surface area contributed by atoms with E-state index in [0.29, 0.717) is 16.6 Å². The topological polar surface area (TPSA) is 40.7 Å². The molecule has 1 aromatic carbocycles. The summed E-state index contributed by atoms with van der Waals surface area (Å²) < 4.78 is 0. The van der Waals surface area contributed by atoms with Gasteiger partial charge in [-0.15, -0.1) is 12.4 Å². The van der Waals surface area contributed by atoms with E-state index in [1.165, 1.54) is 24.2 Å². The largest absolute Gasteiger partial charge is 0.352 e. The number of H-pyrrole nitrogens is 1. The first-order valence-electron chi connectivity index (χ1n) is 6.48. The summed E-state index contributed by atoms with van der Waals surface area (Å²) in [6.07, 6.45) is 4.63. The normalized spacial score (nSPS) is 13.5. The van der Waals surface area contributed by atoms with E-state index in [4.69, 9.17) is 23.2 Å². The van der Waals surface area contributed by atoms with Crippen molar-refractivity contribution >= 4 is 41.6 Å². The quantitative estimate of drug-likeness (QED) is 0.860. The summed E-state index contributed by atoms with van der Waals surface area (Å²) in [7, 11) is 0. The first-order chi connectivity index (χ1) is 9.24. The number of rotatable bonds is 3. The maximum atomic E-state index is 6.14. The first kappa shape index (κ1) is 15.5. The lowest BCUT2D eigenvalue weighted by atomic mass is 10.0. The molecule has 2 N–H and O–H groups in total. The molecule has 0 amide bonds. The van der Waals surface area contributed by atoms with Gasteiger partial charge in [0.25, 0.3) is 0 Å². The number of nitrogens with zero attached hydrogens (tertiary/aromatic N) is 1. The molecule has 3 rings (SSSR count). The lowest BCUT2D eigenvalue weighted by Crippen LogP contribution is -2.02. The van der Waals surface area contributed by atoms with Crippen LogP contribution in [0.5, 0.6) is 0 Å². The van der Waals surface area contributed by atoms with Gasteiger partial charge in [-0.05, 0) is 37.8 Å². The molecule has 1 aliphatic carbocycles. The van der Waals surface area contributed by atoms with Crippen molar-refractivity contribution < 1.29 is 0 Å². The van der Waals surface area contributed by atoms with Crippen LogP contribution < -0.4 is 5.32 Å². The molecule has 0 spiro atoms. The van der Waals surface area contributed by atoms with Gasteiger partial charge in [-0.2, -0.15) is 0 Å². The number of hydrogen-bond acceptors (Lipinski definition) is 2. The van der Waals surface area contributed by atoms with E-state index in [2.05, 4.69) is 15.3 Å². The van der Waals surface area contributed by atoms with Crippen LogP contribution >= 0.6 is 35.6 Å². The zero-order valence-electron chi connectivity index (χ0n) is 10.9. The minimum atomic E-state index is 0. The Morgan fingerprint density at radius 1 is 1.15 bits per heavy atom. The van der Waals surface area contributed by atoms with Gasteiger partial charge in [0.15, 0.2) is 0 Å². The van der Waals surface area contributed by atoms with E-state index in [0.717, 1.165) is 24.4 Å². The zero-order chi connectivity index (χ0) is 13.2. The third kappa shape index (κ3) is 3.22. The van der Waals surface area contributed by atoms with Crippen molar-refractivity contribution in [2.75, 3.05) is 5.32 Å². The molecule has 1 aromatic heterocycles. The molecular formula is C14H16Cl3N3. The predicted octanol–water partition coefficient (Wildman–Crippen LogP) is 4.63. The van der Waals surface area contributed by atoms with Gasteiger partial charge >= 0.3 is 0 Å². The number of hydrogen-bond donors (Lipinski definition) is 2. The summed E-state index contributed by atoms with van der Waals surface area (Å²) in [6, 6.07) is 5.54. The smallest absolute Gasteiger partial charge is 0.200 e. The number of imidazole rings is 1. The Morgan fingerprint density at radius 3 is 2.55 bits per heavy atom. The molecule has 3 nitrogen and oxygen atoms in total. The molecule has 0 unspecified atom stereocenters. The number of aryl methyl sites for hydroxylation is 2. The first-order valence-corrected chi connectivity index (χ1v) is 7.24. The second kappa shape index (κ2) is 6.70. The SMILES string of the molecule is Cl.Clc1cccc(Cl)c1CNc1nc2c([nH]1)CCCC2. The summed E-state index contributed by atoms with van der Waals surface area (Å²) >= 11 is 12.3. The second-order valence-corrected chi connectivity index (χ2v) is 5.59. The van der Waals surface area contributed by atoms with Crippen LogP contribution in [0.2, 0.25) is 10.0 Å². The van der Waals surface area contributed by atoms with E-state index >= 15 is 0 Å². The zero-order valence-corrected chi connectivity index (χ0v) is 13.2. The highest BCUT2D eigenvalue weighted by Crippen LogP contribution is 2.25. The fourth-order valence-corrected chi connectivity index (χ4v) is 2.94. The number of halogens is 3. The summed E-state index contributed by atoms with van der Waals surface area (Å²) in [5.41, 5.74) is 3.36. The van der Waals surface area contributed by atoms with Crippen molar-refractivity contribution in [2.45, 2.75) is 32.2 Å². The molecule has 0 aliphatic heterocycles. The number of aromatic nitrogens is 2. The molecule has 0 fully saturated rings. The third-order valence-electron chi connectivity index (χ3n) is 3.45. The van der Waals surface area contributed by atoms with Crippen molar-refractivity contribution in [1.29, 1.82) is 0 Å². The van der Waals surface area contributed by atoms with Crippen LogP contribution in [0.25, 0.3) is 0 Å². The van der Waals surface area contributed by atoms with Gasteiger partial charge in [0.2, 0.25) is 5.95 Å². The predicted molar refractivity (Wildman–Crippen MR) is 86.3 cm³/mol. The average molecular weight is 333 g/mol. The molecule has 6 heteroatoms. The van der Waals surface area contributed by atoms with Crippen LogP contribution in [0, 0.1) is 0 Å². The van der Waals surface area contributed by atoms with Crippen molar-refractivity contribution in [2.24, 2.45) is 0 Å². The second-order valence-electron chi connectivity index (χ2n) is 4.77. The van der Waals surface area contributed by atoms with Gasteiger partial charge in [-0.1, -0.05) is 29.3 Å². The minimum absolute atomic E-state index is 0. The van der Waals surface area contributed by atoms with Gasteiger partial charge in [0.1, 0.15) is 0 Å². The summed E-state index contributed by atoms with van der Waals surface area (Å²) in [5.74, 6) is 0.808. The maximum absolute atomic E-state index is 6.14. The summed E-state index contributed by atoms with van der Waals surface area (Å²) in [6.45, 7) is 0.574. The molecule has 0 bridgehead atoms. The van der Waals surface area contributed by atoms with Crippen LogP contribution in [0.15, 0.2) is 18.2 Å².